The van der Waals surface area contributed by atoms with Crippen molar-refractivity contribution < 1.29 is 14.0 Å². The van der Waals surface area contributed by atoms with Crippen LogP contribution in [0.2, 0.25) is 0 Å². The van der Waals surface area contributed by atoms with E-state index in [2.05, 4.69) is 0 Å². The first-order chi connectivity index (χ1) is 10.9. The number of likely N-dealkylation sites (tertiary alicyclic amines) is 1. The number of carbonyl (C=O) groups excluding carboxylic acids is 2. The van der Waals surface area contributed by atoms with Crippen LogP contribution in [-0.2, 0) is 16.0 Å². The molecule has 0 radical (unpaired) electrons. The number of anilines is 1. The van der Waals surface area contributed by atoms with Gasteiger partial charge in [0.2, 0.25) is 11.8 Å². The zero-order valence-electron chi connectivity index (χ0n) is 13.6. The monoisotopic (exact) mass is 318 g/mol. The molecule has 0 saturated carbocycles. The first-order valence-electron chi connectivity index (χ1n) is 8.31. The van der Waals surface area contributed by atoms with Crippen molar-refractivity contribution in [1.82, 2.24) is 4.90 Å². The van der Waals surface area contributed by atoms with Crippen LogP contribution in [0.4, 0.5) is 10.1 Å². The van der Waals surface area contributed by atoms with Gasteiger partial charge < -0.3 is 9.80 Å². The molecule has 2 saturated heterocycles. The molecule has 4 nitrogen and oxygen atoms in total. The minimum Gasteiger partial charge on any atom is -0.339 e. The Morgan fingerprint density at radius 3 is 2.83 bits per heavy atom. The molecular weight excluding hydrogens is 295 g/mol. The van der Waals surface area contributed by atoms with Gasteiger partial charge >= 0.3 is 0 Å². The van der Waals surface area contributed by atoms with E-state index in [1.54, 1.807) is 16.7 Å². The quantitative estimate of drug-likeness (QED) is 0.860. The molecule has 1 aromatic carbocycles. The predicted molar refractivity (Wildman–Crippen MR) is 87.1 cm³/mol. The third-order valence-electron chi connectivity index (χ3n) is 4.65. The van der Waals surface area contributed by atoms with Crippen LogP contribution in [0.5, 0.6) is 0 Å². The number of rotatable bonds is 3. The zero-order valence-corrected chi connectivity index (χ0v) is 13.6. The number of nitrogens with zero attached hydrogens (tertiary/aromatic N) is 2. The van der Waals surface area contributed by atoms with Crippen LogP contribution in [-0.4, -0.2) is 42.0 Å². The lowest BCUT2D eigenvalue weighted by Gasteiger charge is -2.35. The average molecular weight is 318 g/mol. The van der Waals surface area contributed by atoms with Gasteiger partial charge in [0.25, 0.3) is 0 Å². The highest BCUT2D eigenvalue weighted by atomic mass is 19.1. The van der Waals surface area contributed by atoms with E-state index in [4.69, 9.17) is 0 Å². The summed E-state index contributed by atoms with van der Waals surface area (Å²) in [5, 5.41) is 0. The molecule has 1 aromatic rings. The van der Waals surface area contributed by atoms with Crippen molar-refractivity contribution in [2.24, 2.45) is 0 Å². The van der Waals surface area contributed by atoms with Crippen LogP contribution in [0, 0.1) is 0 Å². The molecule has 23 heavy (non-hydrogen) atoms. The second kappa shape index (κ2) is 6.30. The van der Waals surface area contributed by atoms with Gasteiger partial charge in [-0.1, -0.05) is 12.1 Å². The van der Waals surface area contributed by atoms with Crippen molar-refractivity contribution in [2.45, 2.75) is 44.7 Å². The Hall–Kier alpha value is -1.91. The lowest BCUT2D eigenvalue weighted by atomic mass is 9.96. The number of carbonyl (C=O) groups is 2. The minimum atomic E-state index is -1.28. The highest BCUT2D eigenvalue weighted by molar-refractivity contribution is 5.95. The van der Waals surface area contributed by atoms with Crippen molar-refractivity contribution in [3.05, 3.63) is 29.8 Å². The van der Waals surface area contributed by atoms with Crippen molar-refractivity contribution in [1.29, 1.82) is 0 Å². The Kier molecular flexibility index (Phi) is 4.37. The van der Waals surface area contributed by atoms with Crippen LogP contribution in [0.1, 0.15) is 38.2 Å². The fourth-order valence-electron chi connectivity index (χ4n) is 3.45. The smallest absolute Gasteiger partial charge is 0.227 e. The number of alkyl halides is 1. The van der Waals surface area contributed by atoms with Crippen molar-refractivity contribution in [3.8, 4) is 0 Å². The van der Waals surface area contributed by atoms with Gasteiger partial charge in [0, 0.05) is 25.2 Å². The number of amides is 2. The Morgan fingerprint density at radius 2 is 2.13 bits per heavy atom. The maximum atomic E-state index is 14.1. The molecule has 2 fully saturated rings. The summed E-state index contributed by atoms with van der Waals surface area (Å²) in [4.78, 5) is 27.7. The fourth-order valence-corrected chi connectivity index (χ4v) is 3.45. The topological polar surface area (TPSA) is 40.6 Å². The molecule has 0 spiro atoms. The van der Waals surface area contributed by atoms with E-state index in [0.717, 1.165) is 24.2 Å². The zero-order chi connectivity index (χ0) is 16.4. The summed E-state index contributed by atoms with van der Waals surface area (Å²) in [5.41, 5.74) is 0.447. The van der Waals surface area contributed by atoms with E-state index in [-0.39, 0.29) is 24.8 Å². The summed E-state index contributed by atoms with van der Waals surface area (Å²) in [6.07, 6.45) is 2.95. The van der Waals surface area contributed by atoms with Crippen molar-refractivity contribution >= 4 is 17.5 Å². The third-order valence-corrected chi connectivity index (χ3v) is 4.65. The molecule has 2 aliphatic heterocycles. The molecule has 0 unspecified atom stereocenters. The van der Waals surface area contributed by atoms with E-state index in [9.17, 15) is 14.0 Å². The first-order valence-corrected chi connectivity index (χ1v) is 8.31. The molecule has 3 rings (SSSR count). The fraction of sp³-hybridized carbons (Fsp3) is 0.556. The van der Waals surface area contributed by atoms with E-state index in [0.29, 0.717) is 25.8 Å². The van der Waals surface area contributed by atoms with Gasteiger partial charge in [-0.15, -0.1) is 0 Å². The molecule has 0 N–H and O–H groups in total. The van der Waals surface area contributed by atoms with Crippen LogP contribution in [0.3, 0.4) is 0 Å². The van der Waals surface area contributed by atoms with Gasteiger partial charge in [0.1, 0.15) is 5.67 Å². The SMILES string of the molecule is C[C@]1(F)CCCN(C(=O)Cc2cccc(N3CCCC3=O)c2)C1. The third kappa shape index (κ3) is 3.71. The van der Waals surface area contributed by atoms with E-state index in [1.807, 2.05) is 24.3 Å². The molecule has 0 bridgehead atoms. The minimum absolute atomic E-state index is 0.0431. The van der Waals surface area contributed by atoms with Crippen LogP contribution < -0.4 is 4.90 Å². The molecule has 1 atom stereocenters. The van der Waals surface area contributed by atoms with Gasteiger partial charge in [-0.25, -0.2) is 4.39 Å². The van der Waals surface area contributed by atoms with E-state index in [1.165, 1.54) is 0 Å². The molecule has 5 heteroatoms. The predicted octanol–water partition coefficient (Wildman–Crippen LogP) is 2.71. The number of piperidine rings is 1. The molecule has 2 amide bonds. The van der Waals surface area contributed by atoms with Crippen LogP contribution in [0.25, 0.3) is 0 Å². The highest BCUT2D eigenvalue weighted by Gasteiger charge is 2.32. The summed E-state index contributed by atoms with van der Waals surface area (Å²) in [6, 6.07) is 7.57. The van der Waals surface area contributed by atoms with E-state index < -0.39 is 5.67 Å². The van der Waals surface area contributed by atoms with Crippen LogP contribution >= 0.6 is 0 Å². The normalized spacial score (nSPS) is 25.0. The summed E-state index contributed by atoms with van der Waals surface area (Å²) >= 11 is 0. The van der Waals surface area contributed by atoms with Gasteiger partial charge in [0.15, 0.2) is 0 Å². The van der Waals surface area contributed by atoms with Crippen molar-refractivity contribution in [2.75, 3.05) is 24.5 Å². The summed E-state index contributed by atoms with van der Waals surface area (Å²) in [5.74, 6) is 0.0937. The molecule has 2 heterocycles. The molecule has 2 aliphatic rings. The molecule has 0 aliphatic carbocycles. The largest absolute Gasteiger partial charge is 0.339 e. The lowest BCUT2D eigenvalue weighted by Crippen LogP contribution is -2.46. The van der Waals surface area contributed by atoms with Gasteiger partial charge in [-0.2, -0.15) is 0 Å². The standard InChI is InChI=1S/C18H23FN2O2/c1-18(19)8-4-9-20(13-18)17(23)12-14-5-2-6-15(11-14)21-10-3-7-16(21)22/h2,5-6,11H,3-4,7-10,12-13H2,1H3/t18-/m0/s1. The summed E-state index contributed by atoms with van der Waals surface area (Å²) < 4.78 is 14.1. The molecule has 124 valence electrons. The Bertz CT molecular complexity index is 615. The van der Waals surface area contributed by atoms with Gasteiger partial charge in [-0.3, -0.25) is 9.59 Å². The van der Waals surface area contributed by atoms with Crippen LogP contribution in [0.15, 0.2) is 24.3 Å². The second-order valence-corrected chi connectivity index (χ2v) is 6.83. The van der Waals surface area contributed by atoms with E-state index >= 15 is 0 Å². The first kappa shape index (κ1) is 16.0. The lowest BCUT2D eigenvalue weighted by molar-refractivity contribution is -0.134. The summed E-state index contributed by atoms with van der Waals surface area (Å²) in [7, 11) is 0. The summed E-state index contributed by atoms with van der Waals surface area (Å²) in [6.45, 7) is 3.10. The Balaban J connectivity index is 1.68. The number of hydrogen-bond donors (Lipinski definition) is 0. The highest BCUT2D eigenvalue weighted by Crippen LogP contribution is 2.26. The Morgan fingerprint density at radius 1 is 1.30 bits per heavy atom. The maximum Gasteiger partial charge on any atom is 0.227 e. The van der Waals surface area contributed by atoms with Gasteiger partial charge in [-0.05, 0) is 43.9 Å². The number of benzene rings is 1. The number of hydrogen-bond acceptors (Lipinski definition) is 2. The van der Waals surface area contributed by atoms with Gasteiger partial charge in [0.05, 0.1) is 13.0 Å². The number of halogens is 1. The molecular formula is C18H23FN2O2. The van der Waals surface area contributed by atoms with Crippen molar-refractivity contribution in [3.63, 3.8) is 0 Å². The average Bonchev–Trinajstić information content (AvgIpc) is 2.92. The Labute approximate surface area is 136 Å². The second-order valence-electron chi connectivity index (χ2n) is 6.83. The molecule has 0 aromatic heterocycles. The maximum absolute atomic E-state index is 14.1.